The SMILES string of the molecule is C1CNC(NCC2CCSC2)=N1. The summed E-state index contributed by atoms with van der Waals surface area (Å²) in [5, 5.41) is 6.56. The molecule has 0 radical (unpaired) electrons. The summed E-state index contributed by atoms with van der Waals surface area (Å²) in [6, 6.07) is 0. The van der Waals surface area contributed by atoms with Crippen LogP contribution in [0.2, 0.25) is 0 Å². The number of nitrogens with zero attached hydrogens (tertiary/aromatic N) is 1. The minimum Gasteiger partial charge on any atom is -0.356 e. The molecule has 2 aliphatic rings. The average molecular weight is 185 g/mol. The van der Waals surface area contributed by atoms with Crippen LogP contribution in [0, 0.1) is 5.92 Å². The second-order valence-corrected chi connectivity index (χ2v) is 4.42. The fourth-order valence-corrected chi connectivity index (χ4v) is 2.79. The molecule has 1 fully saturated rings. The topological polar surface area (TPSA) is 36.4 Å². The predicted octanol–water partition coefficient (Wildman–Crippen LogP) is 0.288. The lowest BCUT2D eigenvalue weighted by atomic mass is 10.1. The molecule has 68 valence electrons. The van der Waals surface area contributed by atoms with Crippen LogP contribution in [0.5, 0.6) is 0 Å². The van der Waals surface area contributed by atoms with Crippen molar-refractivity contribution in [3.05, 3.63) is 0 Å². The van der Waals surface area contributed by atoms with Gasteiger partial charge in [-0.1, -0.05) is 0 Å². The van der Waals surface area contributed by atoms with E-state index in [0.29, 0.717) is 0 Å². The number of rotatable bonds is 2. The Morgan fingerprint density at radius 3 is 3.33 bits per heavy atom. The van der Waals surface area contributed by atoms with E-state index in [1.54, 1.807) is 0 Å². The number of aliphatic imine (C=N–C) groups is 1. The molecule has 0 bridgehead atoms. The van der Waals surface area contributed by atoms with Gasteiger partial charge in [-0.2, -0.15) is 11.8 Å². The first kappa shape index (κ1) is 8.23. The minimum atomic E-state index is 0.861. The van der Waals surface area contributed by atoms with Crippen molar-refractivity contribution in [2.24, 2.45) is 10.9 Å². The van der Waals surface area contributed by atoms with Crippen LogP contribution in [-0.4, -0.2) is 37.1 Å². The largest absolute Gasteiger partial charge is 0.356 e. The normalized spacial score (nSPS) is 28.3. The monoisotopic (exact) mass is 185 g/mol. The van der Waals surface area contributed by atoms with Crippen LogP contribution in [0.1, 0.15) is 6.42 Å². The van der Waals surface area contributed by atoms with Gasteiger partial charge in [-0.05, 0) is 23.8 Å². The van der Waals surface area contributed by atoms with Crippen LogP contribution in [0.15, 0.2) is 4.99 Å². The zero-order valence-corrected chi connectivity index (χ0v) is 7.99. The van der Waals surface area contributed by atoms with Crippen molar-refractivity contribution >= 4 is 17.7 Å². The lowest BCUT2D eigenvalue weighted by molar-refractivity contribution is 0.577. The van der Waals surface area contributed by atoms with Gasteiger partial charge < -0.3 is 10.6 Å². The molecule has 0 aromatic rings. The summed E-state index contributed by atoms with van der Waals surface area (Å²) in [4.78, 5) is 4.28. The highest BCUT2D eigenvalue weighted by Crippen LogP contribution is 2.22. The standard InChI is InChI=1S/C8H15N3S/c1-4-12-6-7(1)5-11-8-9-2-3-10-8/h7H,1-6H2,(H2,9,10,11). The van der Waals surface area contributed by atoms with E-state index < -0.39 is 0 Å². The first-order valence-corrected chi connectivity index (χ1v) is 5.70. The van der Waals surface area contributed by atoms with E-state index in [2.05, 4.69) is 27.4 Å². The zero-order chi connectivity index (χ0) is 8.23. The Bertz CT molecular complexity index is 175. The van der Waals surface area contributed by atoms with E-state index in [1.807, 2.05) is 0 Å². The molecule has 3 nitrogen and oxygen atoms in total. The van der Waals surface area contributed by atoms with Crippen LogP contribution in [0.4, 0.5) is 0 Å². The Kier molecular flexibility index (Phi) is 2.76. The number of hydrogen-bond donors (Lipinski definition) is 2. The second kappa shape index (κ2) is 4.03. The highest BCUT2D eigenvalue weighted by molar-refractivity contribution is 7.99. The smallest absolute Gasteiger partial charge is 0.191 e. The minimum absolute atomic E-state index is 0.861. The maximum Gasteiger partial charge on any atom is 0.191 e. The van der Waals surface area contributed by atoms with Gasteiger partial charge in [0.25, 0.3) is 0 Å². The molecule has 0 amide bonds. The van der Waals surface area contributed by atoms with Gasteiger partial charge in [-0.3, -0.25) is 4.99 Å². The van der Waals surface area contributed by atoms with E-state index in [4.69, 9.17) is 0 Å². The quantitative estimate of drug-likeness (QED) is 0.649. The summed E-state index contributed by atoms with van der Waals surface area (Å²) >= 11 is 2.06. The Morgan fingerprint density at radius 2 is 2.67 bits per heavy atom. The van der Waals surface area contributed by atoms with Crippen LogP contribution in [0.25, 0.3) is 0 Å². The summed E-state index contributed by atoms with van der Waals surface area (Å²) in [5.41, 5.74) is 0. The molecule has 2 rings (SSSR count). The molecule has 0 saturated carbocycles. The zero-order valence-electron chi connectivity index (χ0n) is 7.18. The Labute approximate surface area is 77.4 Å². The fraction of sp³-hybridized carbons (Fsp3) is 0.875. The first-order chi connectivity index (χ1) is 5.95. The maximum absolute atomic E-state index is 4.28. The number of guanidine groups is 1. The Morgan fingerprint density at radius 1 is 1.67 bits per heavy atom. The summed E-state index contributed by atoms with van der Waals surface area (Å²) < 4.78 is 0. The molecular weight excluding hydrogens is 170 g/mol. The van der Waals surface area contributed by atoms with Crippen molar-refractivity contribution in [2.75, 3.05) is 31.1 Å². The summed E-state index contributed by atoms with van der Waals surface area (Å²) in [6.45, 7) is 3.03. The summed E-state index contributed by atoms with van der Waals surface area (Å²) in [6.07, 6.45) is 1.37. The van der Waals surface area contributed by atoms with Crippen LogP contribution in [-0.2, 0) is 0 Å². The van der Waals surface area contributed by atoms with Gasteiger partial charge in [-0.15, -0.1) is 0 Å². The third-order valence-corrected chi connectivity index (χ3v) is 3.49. The van der Waals surface area contributed by atoms with Crippen LogP contribution in [0.3, 0.4) is 0 Å². The van der Waals surface area contributed by atoms with Gasteiger partial charge >= 0.3 is 0 Å². The molecule has 1 unspecified atom stereocenters. The Hall–Kier alpha value is -0.380. The number of nitrogens with one attached hydrogen (secondary N) is 2. The van der Waals surface area contributed by atoms with Gasteiger partial charge in [0.05, 0.1) is 6.54 Å². The number of hydrogen-bond acceptors (Lipinski definition) is 4. The van der Waals surface area contributed by atoms with E-state index in [9.17, 15) is 0 Å². The predicted molar refractivity (Wildman–Crippen MR) is 53.7 cm³/mol. The van der Waals surface area contributed by atoms with E-state index >= 15 is 0 Å². The van der Waals surface area contributed by atoms with Gasteiger partial charge in [0.2, 0.25) is 0 Å². The van der Waals surface area contributed by atoms with Crippen molar-refractivity contribution in [2.45, 2.75) is 6.42 Å². The third-order valence-electron chi connectivity index (χ3n) is 2.26. The highest BCUT2D eigenvalue weighted by atomic mass is 32.2. The maximum atomic E-state index is 4.28. The van der Waals surface area contributed by atoms with Crippen molar-refractivity contribution in [3.63, 3.8) is 0 Å². The molecule has 2 heterocycles. The lowest BCUT2D eigenvalue weighted by Gasteiger charge is -2.10. The molecule has 0 aromatic carbocycles. The molecule has 12 heavy (non-hydrogen) atoms. The van der Waals surface area contributed by atoms with Crippen molar-refractivity contribution in [3.8, 4) is 0 Å². The van der Waals surface area contributed by atoms with Gasteiger partial charge in [0.1, 0.15) is 0 Å². The molecule has 2 aliphatic heterocycles. The van der Waals surface area contributed by atoms with Gasteiger partial charge in [0.15, 0.2) is 5.96 Å². The van der Waals surface area contributed by atoms with E-state index in [1.165, 1.54) is 17.9 Å². The Balaban J connectivity index is 1.67. The molecule has 0 aliphatic carbocycles. The lowest BCUT2D eigenvalue weighted by Crippen LogP contribution is -2.36. The van der Waals surface area contributed by atoms with Crippen molar-refractivity contribution in [1.82, 2.24) is 10.6 Å². The summed E-state index contributed by atoms with van der Waals surface area (Å²) in [5.74, 6) is 4.53. The number of thioether (sulfide) groups is 1. The molecule has 0 spiro atoms. The molecule has 1 atom stereocenters. The molecule has 4 heteroatoms. The first-order valence-electron chi connectivity index (χ1n) is 4.55. The van der Waals surface area contributed by atoms with Crippen molar-refractivity contribution < 1.29 is 0 Å². The summed E-state index contributed by atoms with van der Waals surface area (Å²) in [7, 11) is 0. The highest BCUT2D eigenvalue weighted by Gasteiger charge is 2.15. The average Bonchev–Trinajstić information content (AvgIpc) is 2.74. The molecular formula is C8H15N3S. The van der Waals surface area contributed by atoms with E-state index in [-0.39, 0.29) is 0 Å². The van der Waals surface area contributed by atoms with E-state index in [0.717, 1.165) is 31.5 Å². The van der Waals surface area contributed by atoms with Gasteiger partial charge in [-0.25, -0.2) is 0 Å². The van der Waals surface area contributed by atoms with Crippen molar-refractivity contribution in [1.29, 1.82) is 0 Å². The molecule has 2 N–H and O–H groups in total. The molecule has 1 saturated heterocycles. The van der Waals surface area contributed by atoms with Crippen LogP contribution < -0.4 is 10.6 Å². The van der Waals surface area contributed by atoms with Crippen LogP contribution >= 0.6 is 11.8 Å². The van der Waals surface area contributed by atoms with Gasteiger partial charge in [0, 0.05) is 13.1 Å². The molecule has 0 aromatic heterocycles. The second-order valence-electron chi connectivity index (χ2n) is 3.27. The fourth-order valence-electron chi connectivity index (χ4n) is 1.50. The third kappa shape index (κ3) is 2.06.